The molecule has 0 amide bonds. The summed E-state index contributed by atoms with van der Waals surface area (Å²) in [5.41, 5.74) is -4.19. The number of aliphatic carboxylic acids is 1. The van der Waals surface area contributed by atoms with Crippen LogP contribution in [0.25, 0.3) is 0 Å². The normalized spacial score (nSPS) is 25.5. The molecule has 0 aliphatic heterocycles. The lowest BCUT2D eigenvalue weighted by atomic mass is 9.98. The Labute approximate surface area is 106 Å². The van der Waals surface area contributed by atoms with E-state index in [0.717, 1.165) is 0 Å². The third-order valence-electron chi connectivity index (χ3n) is 1.00. The Kier molecular flexibility index (Phi) is 1.97. The van der Waals surface area contributed by atoms with E-state index >= 15 is 0 Å². The number of carbonyl (C=O) groups is 3. The number of esters is 2. The van der Waals surface area contributed by atoms with Crippen molar-refractivity contribution >= 4 is 17.9 Å². The van der Waals surface area contributed by atoms with Crippen molar-refractivity contribution in [1.82, 2.24) is 0 Å². The van der Waals surface area contributed by atoms with Crippen LogP contribution in [0.5, 0.6) is 0 Å². The molecule has 0 spiro atoms. The molecule has 1 N–H and O–H groups in total. The lowest BCUT2D eigenvalue weighted by molar-refractivity contribution is -0.163. The summed E-state index contributed by atoms with van der Waals surface area (Å²) in [4.78, 5) is 33.6. The fraction of sp³-hybridized carbons (Fsp3) is 0.700. The van der Waals surface area contributed by atoms with E-state index in [9.17, 15) is 14.4 Å². The highest BCUT2D eigenvalue weighted by molar-refractivity contribution is 5.70. The second-order valence-electron chi connectivity index (χ2n) is 2.53. The molecular formula is C10H16O6. The van der Waals surface area contributed by atoms with Crippen LogP contribution < -0.4 is 0 Å². The fourth-order valence-electron chi connectivity index (χ4n) is 0.618. The molecule has 0 heterocycles. The van der Waals surface area contributed by atoms with Gasteiger partial charge in [0.2, 0.25) is 0 Å². The van der Waals surface area contributed by atoms with Gasteiger partial charge in [-0.3, -0.25) is 14.4 Å². The first-order valence-electron chi connectivity index (χ1n) is 8.40. The van der Waals surface area contributed by atoms with Gasteiger partial charge in [-0.25, -0.2) is 0 Å². The van der Waals surface area contributed by atoms with Gasteiger partial charge in [-0.05, 0) is 6.85 Å². The topological polar surface area (TPSA) is 89.9 Å². The van der Waals surface area contributed by atoms with Crippen LogP contribution in [0.1, 0.15) is 45.8 Å². The zero-order valence-corrected chi connectivity index (χ0v) is 8.49. The smallest absolute Gasteiger partial charge is 0.307 e. The molecule has 6 nitrogen and oxygen atoms in total. The molecule has 0 aromatic rings. The van der Waals surface area contributed by atoms with Crippen molar-refractivity contribution in [2.75, 3.05) is 6.56 Å². The van der Waals surface area contributed by atoms with E-state index in [4.69, 9.17) is 17.4 Å². The minimum absolute atomic E-state index is 0.551. The van der Waals surface area contributed by atoms with E-state index < -0.39 is 49.7 Å². The first-order valence-corrected chi connectivity index (χ1v) is 3.90. The Morgan fingerprint density at radius 1 is 1.38 bits per heavy atom. The van der Waals surface area contributed by atoms with E-state index in [1.807, 2.05) is 0 Å². The molecule has 0 saturated heterocycles. The van der Waals surface area contributed by atoms with Gasteiger partial charge in [-0.15, -0.1) is 0 Å². The Hall–Kier alpha value is -1.59. The largest absolute Gasteiger partial charge is 0.481 e. The lowest BCUT2D eigenvalue weighted by Crippen LogP contribution is -2.35. The molecule has 0 bridgehead atoms. The van der Waals surface area contributed by atoms with Crippen molar-refractivity contribution in [2.24, 2.45) is 0 Å². The van der Waals surface area contributed by atoms with Gasteiger partial charge in [-0.2, -0.15) is 0 Å². The molecule has 0 saturated carbocycles. The number of hydrogen-bond donors (Lipinski definition) is 1. The molecule has 92 valence electrons. The van der Waals surface area contributed by atoms with Crippen LogP contribution in [0, 0.1) is 0 Å². The van der Waals surface area contributed by atoms with Crippen LogP contribution in [0.3, 0.4) is 0 Å². The number of carboxylic acids is 1. The molecule has 6 heteroatoms. The first-order chi connectivity index (χ1) is 10.8. The van der Waals surface area contributed by atoms with Crippen molar-refractivity contribution in [2.45, 2.75) is 39.0 Å². The van der Waals surface area contributed by atoms with Crippen molar-refractivity contribution in [3.8, 4) is 0 Å². The Morgan fingerprint density at radius 2 is 2.00 bits per heavy atom. The molecule has 16 heavy (non-hydrogen) atoms. The maximum absolute atomic E-state index is 11.3. The quantitative estimate of drug-likeness (QED) is 0.690. The fourth-order valence-corrected chi connectivity index (χ4v) is 0.618. The predicted octanol–water partition coefficient (Wildman–Crippen LogP) is 0.736. The highest BCUT2D eigenvalue weighted by atomic mass is 16.6. The Bertz CT molecular complexity index is 570. The summed E-state index contributed by atoms with van der Waals surface area (Å²) in [6, 6.07) is 0. The number of hydrogen-bond acceptors (Lipinski definition) is 5. The summed E-state index contributed by atoms with van der Waals surface area (Å²) in [5, 5.41) is 9.05. The average molecular weight is 241 g/mol. The van der Waals surface area contributed by atoms with Gasteiger partial charge in [-0.1, -0.05) is 0 Å². The van der Waals surface area contributed by atoms with Gasteiger partial charge in [0.1, 0.15) is 5.60 Å². The minimum Gasteiger partial charge on any atom is -0.481 e. The highest BCUT2D eigenvalue weighted by Crippen LogP contribution is 2.20. The molecule has 0 fully saturated rings. The monoisotopic (exact) mass is 241 g/mol. The standard InChI is InChI=1S/C10H16O6/c1-7(11)15-5-4-10(3,6-9(13)14)16-8(2)12/h4-6H2,1-3H3,(H,13,14)/t10-/m1/s1/i3D3,4D2,5D2,6D2. The van der Waals surface area contributed by atoms with Gasteiger partial charge >= 0.3 is 17.9 Å². The first kappa shape index (κ1) is 5.16. The minimum atomic E-state index is -4.19. The summed E-state index contributed by atoms with van der Waals surface area (Å²) < 4.78 is 76.3. The number of ether oxygens (including phenoxy) is 2. The van der Waals surface area contributed by atoms with Crippen molar-refractivity contribution < 1.29 is 41.3 Å². The zero-order valence-electron chi connectivity index (χ0n) is 17.5. The van der Waals surface area contributed by atoms with Crippen molar-refractivity contribution in [1.29, 1.82) is 0 Å². The summed E-state index contributed by atoms with van der Waals surface area (Å²) >= 11 is 0. The van der Waals surface area contributed by atoms with Crippen LogP contribution >= 0.6 is 0 Å². The third kappa shape index (κ3) is 6.80. The van der Waals surface area contributed by atoms with E-state index in [1.165, 1.54) is 0 Å². The molecule has 0 aliphatic carbocycles. The van der Waals surface area contributed by atoms with Crippen LogP contribution in [-0.2, 0) is 23.9 Å². The van der Waals surface area contributed by atoms with Crippen LogP contribution in [0.2, 0.25) is 0 Å². The maximum atomic E-state index is 11.3. The number of carbonyl (C=O) groups excluding carboxylic acids is 2. The summed E-state index contributed by atoms with van der Waals surface area (Å²) in [7, 11) is 0. The number of rotatable bonds is 6. The Balaban J connectivity index is 7.02. The molecule has 0 radical (unpaired) electrons. The van der Waals surface area contributed by atoms with Crippen LogP contribution in [0.15, 0.2) is 0 Å². The highest BCUT2D eigenvalue weighted by Gasteiger charge is 2.31. The van der Waals surface area contributed by atoms with Gasteiger partial charge in [0.25, 0.3) is 0 Å². The van der Waals surface area contributed by atoms with Gasteiger partial charge in [0.15, 0.2) is 0 Å². The number of carboxylic acid groups (broad SMARTS) is 1. The molecule has 0 aromatic carbocycles. The molecule has 0 aliphatic rings. The van der Waals surface area contributed by atoms with Gasteiger partial charge < -0.3 is 14.6 Å². The lowest BCUT2D eigenvalue weighted by Gasteiger charge is -2.27. The van der Waals surface area contributed by atoms with E-state index in [0.29, 0.717) is 13.8 Å². The van der Waals surface area contributed by atoms with Crippen LogP contribution in [-0.4, -0.2) is 35.2 Å². The Morgan fingerprint density at radius 3 is 2.38 bits per heavy atom. The molecular weight excluding hydrogens is 216 g/mol. The molecule has 1 atom stereocenters. The van der Waals surface area contributed by atoms with Crippen LogP contribution in [0.4, 0.5) is 0 Å². The third-order valence-corrected chi connectivity index (χ3v) is 1.00. The summed E-state index contributed by atoms with van der Waals surface area (Å²) in [6.45, 7) is -6.68. The summed E-state index contributed by atoms with van der Waals surface area (Å²) in [6.07, 6.45) is -8.29. The summed E-state index contributed by atoms with van der Waals surface area (Å²) in [5.74, 6) is -5.54. The van der Waals surface area contributed by atoms with E-state index in [-0.39, 0.29) is 0 Å². The van der Waals surface area contributed by atoms with Gasteiger partial charge in [0.05, 0.1) is 15.7 Å². The second-order valence-corrected chi connectivity index (χ2v) is 2.53. The van der Waals surface area contributed by atoms with E-state index in [2.05, 4.69) is 9.47 Å². The predicted molar refractivity (Wildman–Crippen MR) is 53.7 cm³/mol. The molecule has 0 aromatic heterocycles. The second kappa shape index (κ2) is 6.09. The SMILES string of the molecule is [2H]C([2H])(OC(C)=O)C([2H])([2H])[C@](OC(C)=O)(C([2H])([2H])[2H])C([2H])([2H])C(=O)O. The zero-order chi connectivity index (χ0) is 20.6. The maximum Gasteiger partial charge on any atom is 0.307 e. The molecule has 0 rings (SSSR count). The van der Waals surface area contributed by atoms with E-state index in [1.54, 1.807) is 0 Å². The van der Waals surface area contributed by atoms with Crippen molar-refractivity contribution in [3.63, 3.8) is 0 Å². The molecule has 0 unspecified atom stereocenters. The van der Waals surface area contributed by atoms with Gasteiger partial charge in [0, 0.05) is 29.8 Å². The average Bonchev–Trinajstić information content (AvgIpc) is 2.31. The van der Waals surface area contributed by atoms with Crippen molar-refractivity contribution in [3.05, 3.63) is 0 Å².